The topological polar surface area (TPSA) is 17.1 Å². The molecule has 2 rings (SSSR count). The first-order chi connectivity index (χ1) is 10.0. The Labute approximate surface area is 129 Å². The summed E-state index contributed by atoms with van der Waals surface area (Å²) in [6, 6.07) is 14.4. The molecule has 2 aromatic rings. The van der Waals surface area contributed by atoms with Crippen molar-refractivity contribution in [3.63, 3.8) is 0 Å². The lowest BCUT2D eigenvalue weighted by Gasteiger charge is -2.06. The maximum atomic E-state index is 12.8. The normalized spacial score (nSPS) is 10.9. The van der Waals surface area contributed by atoms with E-state index in [2.05, 4.69) is 38.1 Å². The van der Waals surface area contributed by atoms with E-state index in [1.54, 1.807) is 23.9 Å². The van der Waals surface area contributed by atoms with Crippen molar-refractivity contribution in [2.75, 3.05) is 5.75 Å². The fraction of sp³-hybridized carbons (Fsp3) is 0.278. The van der Waals surface area contributed by atoms with Crippen LogP contribution < -0.4 is 0 Å². The zero-order valence-electron chi connectivity index (χ0n) is 12.3. The van der Waals surface area contributed by atoms with Crippen molar-refractivity contribution >= 4 is 17.5 Å². The Kier molecular flexibility index (Phi) is 5.57. The highest BCUT2D eigenvalue weighted by Crippen LogP contribution is 2.22. The van der Waals surface area contributed by atoms with E-state index in [1.165, 1.54) is 17.7 Å². The Morgan fingerprint density at radius 2 is 1.67 bits per heavy atom. The van der Waals surface area contributed by atoms with Crippen LogP contribution in [0.1, 0.15) is 30.9 Å². The van der Waals surface area contributed by atoms with Crippen LogP contribution in [0.15, 0.2) is 53.4 Å². The molecule has 0 fully saturated rings. The average molecular weight is 302 g/mol. The second-order valence-corrected chi connectivity index (χ2v) is 6.40. The number of thioether (sulfide) groups is 1. The first-order valence-corrected chi connectivity index (χ1v) is 8.02. The average Bonchev–Trinajstić information content (AvgIpc) is 2.48. The second kappa shape index (κ2) is 7.41. The molecule has 0 aliphatic heterocycles. The van der Waals surface area contributed by atoms with Crippen molar-refractivity contribution in [3.05, 3.63) is 65.5 Å². The van der Waals surface area contributed by atoms with E-state index in [1.807, 2.05) is 0 Å². The molecule has 0 aromatic heterocycles. The van der Waals surface area contributed by atoms with E-state index in [-0.39, 0.29) is 11.6 Å². The summed E-state index contributed by atoms with van der Waals surface area (Å²) in [5, 5.41) is 0. The molecule has 0 saturated heterocycles. The third-order valence-corrected chi connectivity index (χ3v) is 4.33. The van der Waals surface area contributed by atoms with E-state index in [0.29, 0.717) is 18.1 Å². The van der Waals surface area contributed by atoms with E-state index in [0.717, 1.165) is 10.5 Å². The second-order valence-electron chi connectivity index (χ2n) is 5.35. The van der Waals surface area contributed by atoms with Gasteiger partial charge in [-0.25, -0.2) is 4.39 Å². The van der Waals surface area contributed by atoms with E-state index >= 15 is 0 Å². The Morgan fingerprint density at radius 3 is 2.24 bits per heavy atom. The van der Waals surface area contributed by atoms with Gasteiger partial charge in [0.05, 0.1) is 5.75 Å². The Hall–Kier alpha value is -1.61. The lowest BCUT2D eigenvalue weighted by molar-refractivity contribution is -0.116. The van der Waals surface area contributed by atoms with Crippen LogP contribution in [-0.4, -0.2) is 11.5 Å². The molecule has 3 heteroatoms. The van der Waals surface area contributed by atoms with Crippen LogP contribution in [0.4, 0.5) is 4.39 Å². The lowest BCUT2D eigenvalue weighted by atomic mass is 10.0. The quantitative estimate of drug-likeness (QED) is 0.709. The van der Waals surface area contributed by atoms with Crippen molar-refractivity contribution in [3.8, 4) is 0 Å². The predicted octanol–water partition coefficient (Wildman–Crippen LogP) is 4.85. The van der Waals surface area contributed by atoms with Gasteiger partial charge in [-0.2, -0.15) is 0 Å². The van der Waals surface area contributed by atoms with Gasteiger partial charge in [0.15, 0.2) is 0 Å². The number of carbonyl (C=O) groups excluding carboxylic acids is 1. The van der Waals surface area contributed by atoms with E-state index in [9.17, 15) is 9.18 Å². The van der Waals surface area contributed by atoms with Gasteiger partial charge in [-0.3, -0.25) is 4.79 Å². The first kappa shape index (κ1) is 15.8. The predicted molar refractivity (Wildman–Crippen MR) is 86.4 cm³/mol. The summed E-state index contributed by atoms with van der Waals surface area (Å²) < 4.78 is 12.8. The number of ketones is 1. The number of rotatable bonds is 6. The fourth-order valence-electron chi connectivity index (χ4n) is 1.99. The van der Waals surface area contributed by atoms with Gasteiger partial charge in [-0.05, 0) is 41.3 Å². The van der Waals surface area contributed by atoms with Crippen LogP contribution in [0.3, 0.4) is 0 Å². The highest BCUT2D eigenvalue weighted by atomic mass is 32.2. The van der Waals surface area contributed by atoms with Crippen molar-refractivity contribution in [2.45, 2.75) is 31.1 Å². The Balaban J connectivity index is 1.84. The van der Waals surface area contributed by atoms with Crippen LogP contribution in [0.25, 0.3) is 0 Å². The van der Waals surface area contributed by atoms with Crippen LogP contribution in [0.5, 0.6) is 0 Å². The SMILES string of the molecule is CC(C)c1ccc(SCC(=O)Cc2ccc(F)cc2)cc1. The first-order valence-electron chi connectivity index (χ1n) is 7.03. The highest BCUT2D eigenvalue weighted by molar-refractivity contribution is 8.00. The molecule has 0 saturated carbocycles. The summed E-state index contributed by atoms with van der Waals surface area (Å²) in [6.07, 6.45) is 0.358. The van der Waals surface area contributed by atoms with Gasteiger partial charge in [0, 0.05) is 11.3 Å². The molecule has 0 bridgehead atoms. The minimum Gasteiger partial charge on any atom is -0.298 e. The molecular weight excluding hydrogens is 283 g/mol. The summed E-state index contributed by atoms with van der Waals surface area (Å²) in [6.45, 7) is 4.32. The molecule has 21 heavy (non-hydrogen) atoms. The molecule has 2 aromatic carbocycles. The lowest BCUT2D eigenvalue weighted by Crippen LogP contribution is -2.05. The van der Waals surface area contributed by atoms with Crippen LogP contribution in [0.2, 0.25) is 0 Å². The van der Waals surface area contributed by atoms with E-state index < -0.39 is 0 Å². The summed E-state index contributed by atoms with van der Waals surface area (Å²) in [4.78, 5) is 13.0. The van der Waals surface area contributed by atoms with Crippen LogP contribution >= 0.6 is 11.8 Å². The molecule has 0 atom stereocenters. The van der Waals surface area contributed by atoms with Gasteiger partial charge < -0.3 is 0 Å². The number of carbonyl (C=O) groups is 1. The highest BCUT2D eigenvalue weighted by Gasteiger charge is 2.06. The molecule has 0 spiro atoms. The van der Waals surface area contributed by atoms with E-state index in [4.69, 9.17) is 0 Å². The molecule has 0 aliphatic rings. The van der Waals surface area contributed by atoms with Crippen molar-refractivity contribution in [2.24, 2.45) is 0 Å². The molecule has 0 aliphatic carbocycles. The van der Waals surface area contributed by atoms with Crippen LogP contribution in [-0.2, 0) is 11.2 Å². The summed E-state index contributed by atoms with van der Waals surface area (Å²) >= 11 is 1.55. The molecule has 0 N–H and O–H groups in total. The number of Topliss-reactive ketones (excluding diaryl/α,β-unsaturated/α-hetero) is 1. The number of hydrogen-bond donors (Lipinski definition) is 0. The Morgan fingerprint density at radius 1 is 1.05 bits per heavy atom. The molecule has 110 valence electrons. The monoisotopic (exact) mass is 302 g/mol. The molecule has 0 amide bonds. The third kappa shape index (κ3) is 5.01. The molecular formula is C18H19FOS. The van der Waals surface area contributed by atoms with Gasteiger partial charge in [-0.15, -0.1) is 11.8 Å². The number of hydrogen-bond acceptors (Lipinski definition) is 2. The molecule has 0 unspecified atom stereocenters. The Bertz CT molecular complexity index is 588. The van der Waals surface area contributed by atoms with Crippen molar-refractivity contribution in [1.29, 1.82) is 0 Å². The maximum Gasteiger partial charge on any atom is 0.147 e. The zero-order valence-corrected chi connectivity index (χ0v) is 13.1. The molecule has 0 heterocycles. The van der Waals surface area contributed by atoms with Gasteiger partial charge in [-0.1, -0.05) is 38.1 Å². The molecule has 1 nitrogen and oxygen atoms in total. The van der Waals surface area contributed by atoms with Crippen molar-refractivity contribution < 1.29 is 9.18 Å². The zero-order chi connectivity index (χ0) is 15.2. The standard InChI is InChI=1S/C18H19FOS/c1-13(2)15-5-9-18(10-6-15)21-12-17(20)11-14-3-7-16(19)8-4-14/h3-10,13H,11-12H2,1-2H3. The fourth-order valence-corrected chi connectivity index (χ4v) is 2.75. The largest absolute Gasteiger partial charge is 0.298 e. The van der Waals surface area contributed by atoms with Crippen molar-refractivity contribution in [1.82, 2.24) is 0 Å². The van der Waals surface area contributed by atoms with Gasteiger partial charge in [0.2, 0.25) is 0 Å². The number of halogens is 1. The maximum absolute atomic E-state index is 12.8. The number of benzene rings is 2. The van der Waals surface area contributed by atoms with Gasteiger partial charge in [0.1, 0.15) is 11.6 Å². The minimum absolute atomic E-state index is 0.152. The van der Waals surface area contributed by atoms with Gasteiger partial charge in [0.25, 0.3) is 0 Å². The molecule has 0 radical (unpaired) electrons. The smallest absolute Gasteiger partial charge is 0.147 e. The minimum atomic E-state index is -0.272. The summed E-state index contributed by atoms with van der Waals surface area (Å²) in [5.74, 6) is 0.841. The summed E-state index contributed by atoms with van der Waals surface area (Å²) in [7, 11) is 0. The van der Waals surface area contributed by atoms with Crippen LogP contribution in [0, 0.1) is 5.82 Å². The summed E-state index contributed by atoms with van der Waals surface area (Å²) in [5.41, 5.74) is 2.16. The van der Waals surface area contributed by atoms with Gasteiger partial charge >= 0.3 is 0 Å². The third-order valence-electron chi connectivity index (χ3n) is 3.26.